The van der Waals surface area contributed by atoms with Gasteiger partial charge in [-0.15, -0.1) is 10.2 Å². The number of benzene rings is 2. The summed E-state index contributed by atoms with van der Waals surface area (Å²) >= 11 is 0. The number of carbonyl (C=O) groups excluding carboxylic acids is 2. The number of amides is 2. The smallest absolute Gasteiger partial charge is 0.247 e. The number of nitrogens with two attached hydrogens (primary N) is 1. The van der Waals surface area contributed by atoms with Gasteiger partial charge in [0.15, 0.2) is 0 Å². The van der Waals surface area contributed by atoms with Gasteiger partial charge in [0.1, 0.15) is 5.54 Å². The van der Waals surface area contributed by atoms with E-state index in [9.17, 15) is 9.59 Å². The van der Waals surface area contributed by atoms with Crippen LogP contribution in [0.4, 0.5) is 0 Å². The van der Waals surface area contributed by atoms with Gasteiger partial charge in [-0.1, -0.05) is 48.5 Å². The molecule has 7 nitrogen and oxygen atoms in total. The summed E-state index contributed by atoms with van der Waals surface area (Å²) in [6.45, 7) is 1.59. The number of carbonyl (C=O) groups is 2. The minimum Gasteiger partial charge on any atom is -0.421 e. The number of primary amides is 1. The zero-order chi connectivity index (χ0) is 19.3. The monoisotopic (exact) mass is 364 g/mol. The summed E-state index contributed by atoms with van der Waals surface area (Å²) in [5, 5.41) is 10.7. The van der Waals surface area contributed by atoms with Crippen LogP contribution in [0.5, 0.6) is 0 Å². The predicted octanol–water partition coefficient (Wildman–Crippen LogP) is 2.19. The van der Waals surface area contributed by atoms with E-state index in [0.29, 0.717) is 17.3 Å². The largest absolute Gasteiger partial charge is 0.421 e. The summed E-state index contributed by atoms with van der Waals surface area (Å²) in [6, 6.07) is 18.3. The Hall–Kier alpha value is -3.48. The lowest BCUT2D eigenvalue weighted by Crippen LogP contribution is -2.52. The third-order valence-electron chi connectivity index (χ3n) is 4.29. The fraction of sp³-hybridized carbons (Fsp3) is 0.200. The number of nitrogens with zero attached hydrogens (tertiary/aromatic N) is 2. The quantitative estimate of drug-likeness (QED) is 0.667. The molecule has 2 aromatic carbocycles. The fourth-order valence-corrected chi connectivity index (χ4v) is 2.66. The number of aryl methyl sites for hydroxylation is 1. The molecule has 138 valence electrons. The summed E-state index contributed by atoms with van der Waals surface area (Å²) in [6.07, 6.45) is 0.349. The lowest BCUT2D eigenvalue weighted by Gasteiger charge is -2.28. The molecular weight excluding hydrogens is 344 g/mol. The highest BCUT2D eigenvalue weighted by molar-refractivity contribution is 5.91. The zero-order valence-corrected chi connectivity index (χ0v) is 14.9. The van der Waals surface area contributed by atoms with E-state index < -0.39 is 11.4 Å². The summed E-state index contributed by atoms with van der Waals surface area (Å²) in [4.78, 5) is 24.3. The molecule has 0 aliphatic carbocycles. The molecule has 27 heavy (non-hydrogen) atoms. The van der Waals surface area contributed by atoms with Crippen molar-refractivity contribution in [2.24, 2.45) is 5.73 Å². The van der Waals surface area contributed by atoms with Gasteiger partial charge in [-0.05, 0) is 24.6 Å². The Morgan fingerprint density at radius 2 is 1.67 bits per heavy atom. The van der Waals surface area contributed by atoms with Crippen molar-refractivity contribution in [3.63, 3.8) is 0 Å². The average Bonchev–Trinajstić information content (AvgIpc) is 3.17. The Morgan fingerprint density at radius 1 is 1.04 bits per heavy atom. The molecule has 7 heteroatoms. The van der Waals surface area contributed by atoms with Gasteiger partial charge in [0.25, 0.3) is 0 Å². The van der Waals surface area contributed by atoms with Crippen LogP contribution in [0.2, 0.25) is 0 Å². The number of nitrogens with one attached hydrogen (secondary N) is 1. The predicted molar refractivity (Wildman–Crippen MR) is 99.2 cm³/mol. The first-order valence-electron chi connectivity index (χ1n) is 8.53. The Bertz CT molecular complexity index is 925. The normalized spacial score (nSPS) is 12.9. The number of rotatable bonds is 7. The van der Waals surface area contributed by atoms with Crippen molar-refractivity contribution in [3.05, 3.63) is 72.1 Å². The number of hydrogen-bond acceptors (Lipinski definition) is 5. The molecule has 3 rings (SSSR count). The molecule has 1 aromatic heterocycles. The summed E-state index contributed by atoms with van der Waals surface area (Å²) < 4.78 is 5.59. The Kier molecular flexibility index (Phi) is 5.30. The van der Waals surface area contributed by atoms with Crippen LogP contribution in [-0.2, 0) is 21.5 Å². The molecule has 1 heterocycles. The highest BCUT2D eigenvalue weighted by Crippen LogP contribution is 2.21. The van der Waals surface area contributed by atoms with E-state index in [2.05, 4.69) is 15.5 Å². The third kappa shape index (κ3) is 4.20. The molecule has 0 unspecified atom stereocenters. The molecular formula is C20H20N4O3. The van der Waals surface area contributed by atoms with Crippen molar-refractivity contribution < 1.29 is 14.0 Å². The summed E-state index contributed by atoms with van der Waals surface area (Å²) in [7, 11) is 0. The number of hydrogen-bond donors (Lipinski definition) is 2. The van der Waals surface area contributed by atoms with Gasteiger partial charge in [-0.2, -0.15) is 0 Å². The van der Waals surface area contributed by atoms with Crippen molar-refractivity contribution >= 4 is 11.8 Å². The minimum absolute atomic E-state index is 0.0894. The van der Waals surface area contributed by atoms with Crippen molar-refractivity contribution in [3.8, 4) is 11.5 Å². The summed E-state index contributed by atoms with van der Waals surface area (Å²) in [5.41, 5.74) is 5.67. The molecule has 0 aliphatic heterocycles. The highest BCUT2D eigenvalue weighted by atomic mass is 16.4. The summed E-state index contributed by atoms with van der Waals surface area (Å²) in [5.74, 6) is -0.215. The maximum absolute atomic E-state index is 12.4. The van der Waals surface area contributed by atoms with Gasteiger partial charge in [0.05, 0.1) is 0 Å². The lowest BCUT2D eigenvalue weighted by atomic mass is 9.91. The van der Waals surface area contributed by atoms with E-state index in [-0.39, 0.29) is 18.7 Å². The second kappa shape index (κ2) is 7.82. The molecule has 0 aliphatic rings. The van der Waals surface area contributed by atoms with Crippen molar-refractivity contribution in [2.45, 2.75) is 25.3 Å². The lowest BCUT2D eigenvalue weighted by molar-refractivity contribution is -0.131. The van der Waals surface area contributed by atoms with Crippen LogP contribution in [0.15, 0.2) is 65.1 Å². The van der Waals surface area contributed by atoms with Crippen LogP contribution in [0.3, 0.4) is 0 Å². The maximum atomic E-state index is 12.4. The topological polar surface area (TPSA) is 111 Å². The van der Waals surface area contributed by atoms with Crippen LogP contribution in [0, 0.1) is 0 Å². The Balaban J connectivity index is 1.64. The zero-order valence-electron chi connectivity index (χ0n) is 14.9. The van der Waals surface area contributed by atoms with Gasteiger partial charge in [-0.25, -0.2) is 0 Å². The second-order valence-corrected chi connectivity index (χ2v) is 6.27. The fourth-order valence-electron chi connectivity index (χ4n) is 2.66. The molecule has 2 amide bonds. The molecule has 3 aromatic rings. The first-order chi connectivity index (χ1) is 13.0. The van der Waals surface area contributed by atoms with Gasteiger partial charge in [0, 0.05) is 18.4 Å². The van der Waals surface area contributed by atoms with E-state index in [1.165, 1.54) is 0 Å². The van der Waals surface area contributed by atoms with Crippen molar-refractivity contribution in [2.75, 3.05) is 0 Å². The van der Waals surface area contributed by atoms with E-state index in [0.717, 1.165) is 5.56 Å². The standard InChI is InChI=1S/C20H20N4O3/c1-20(19(21)26,15-10-6-3-7-11-15)22-16(25)12-13-17-23-24-18(27-17)14-8-4-2-5-9-14/h2-11H,12-13H2,1H3,(H2,21,26)(H,22,25)/t20-/m0/s1. The SMILES string of the molecule is C[C@@](NC(=O)CCc1nnc(-c2ccccc2)o1)(C(N)=O)c1ccccc1. The first kappa shape index (κ1) is 18.3. The Labute approximate surface area is 156 Å². The minimum atomic E-state index is -1.29. The van der Waals surface area contributed by atoms with E-state index in [4.69, 9.17) is 10.2 Å². The third-order valence-corrected chi connectivity index (χ3v) is 4.29. The van der Waals surface area contributed by atoms with Gasteiger partial charge >= 0.3 is 0 Å². The van der Waals surface area contributed by atoms with E-state index in [1.807, 2.05) is 36.4 Å². The van der Waals surface area contributed by atoms with Crippen molar-refractivity contribution in [1.82, 2.24) is 15.5 Å². The van der Waals surface area contributed by atoms with E-state index in [1.54, 1.807) is 31.2 Å². The van der Waals surface area contributed by atoms with Crippen molar-refractivity contribution in [1.29, 1.82) is 0 Å². The van der Waals surface area contributed by atoms with Crippen LogP contribution < -0.4 is 11.1 Å². The van der Waals surface area contributed by atoms with Gasteiger partial charge < -0.3 is 15.5 Å². The molecule has 0 radical (unpaired) electrons. The highest BCUT2D eigenvalue weighted by Gasteiger charge is 2.34. The average molecular weight is 364 g/mol. The van der Waals surface area contributed by atoms with Crippen LogP contribution in [0.1, 0.15) is 24.8 Å². The maximum Gasteiger partial charge on any atom is 0.247 e. The second-order valence-electron chi connectivity index (χ2n) is 6.27. The molecule has 0 spiro atoms. The molecule has 0 bridgehead atoms. The first-order valence-corrected chi connectivity index (χ1v) is 8.53. The van der Waals surface area contributed by atoms with Crippen LogP contribution >= 0.6 is 0 Å². The van der Waals surface area contributed by atoms with E-state index >= 15 is 0 Å². The molecule has 3 N–H and O–H groups in total. The molecule has 0 saturated heterocycles. The van der Waals surface area contributed by atoms with Gasteiger partial charge in [0.2, 0.25) is 23.6 Å². The Morgan fingerprint density at radius 3 is 2.30 bits per heavy atom. The molecule has 1 atom stereocenters. The van der Waals surface area contributed by atoms with Crippen LogP contribution in [0.25, 0.3) is 11.5 Å². The molecule has 0 saturated carbocycles. The van der Waals surface area contributed by atoms with Gasteiger partial charge in [-0.3, -0.25) is 9.59 Å². The number of aromatic nitrogens is 2. The molecule has 0 fully saturated rings. The van der Waals surface area contributed by atoms with Crippen LogP contribution in [-0.4, -0.2) is 22.0 Å².